The van der Waals surface area contributed by atoms with Gasteiger partial charge in [0.15, 0.2) is 5.78 Å². The van der Waals surface area contributed by atoms with E-state index < -0.39 is 11.9 Å². The number of rotatable bonds is 6. The number of hydrogen-bond acceptors (Lipinski definition) is 6. The van der Waals surface area contributed by atoms with Gasteiger partial charge in [-0.1, -0.05) is 48.5 Å². The summed E-state index contributed by atoms with van der Waals surface area (Å²) in [5, 5.41) is 12.4. The predicted octanol–water partition coefficient (Wildman–Crippen LogP) is 4.59. The topological polar surface area (TPSA) is 96.3 Å². The summed E-state index contributed by atoms with van der Waals surface area (Å²) in [5.41, 5.74) is 1.54. The van der Waals surface area contributed by atoms with Crippen molar-refractivity contribution >= 4 is 34.0 Å². The number of esters is 1. The Hall–Kier alpha value is -3.76. The van der Waals surface area contributed by atoms with Crippen LogP contribution >= 0.6 is 11.3 Å². The minimum Gasteiger partial charge on any atom is -0.462 e. The number of ether oxygens (including phenoxy) is 1. The van der Waals surface area contributed by atoms with E-state index in [1.54, 1.807) is 68.4 Å². The van der Waals surface area contributed by atoms with Crippen LogP contribution in [0.5, 0.6) is 0 Å². The van der Waals surface area contributed by atoms with Gasteiger partial charge in [-0.2, -0.15) is 5.26 Å². The first-order valence-corrected chi connectivity index (χ1v) is 10.00. The minimum absolute atomic E-state index is 0.180. The molecule has 3 rings (SSSR count). The quantitative estimate of drug-likeness (QED) is 0.467. The Balaban J connectivity index is 1.95. The lowest BCUT2D eigenvalue weighted by molar-refractivity contribution is 0.0531. The van der Waals surface area contributed by atoms with Gasteiger partial charge in [0.2, 0.25) is 0 Å². The van der Waals surface area contributed by atoms with E-state index in [4.69, 9.17) is 4.74 Å². The van der Waals surface area contributed by atoms with Crippen LogP contribution in [0.2, 0.25) is 0 Å². The van der Waals surface area contributed by atoms with Gasteiger partial charge in [0.25, 0.3) is 5.91 Å². The van der Waals surface area contributed by atoms with E-state index in [-0.39, 0.29) is 39.0 Å². The third-order valence-electron chi connectivity index (χ3n) is 4.40. The van der Waals surface area contributed by atoms with Crippen molar-refractivity contribution in [3.63, 3.8) is 0 Å². The molecule has 0 radical (unpaired) electrons. The van der Waals surface area contributed by atoms with Crippen LogP contribution in [0, 0.1) is 18.3 Å². The van der Waals surface area contributed by atoms with E-state index in [2.05, 4.69) is 5.32 Å². The van der Waals surface area contributed by atoms with Crippen LogP contribution in [0.25, 0.3) is 0 Å². The molecule has 150 valence electrons. The number of hydrogen-bond donors (Lipinski definition) is 1. The molecule has 1 N–H and O–H groups in total. The van der Waals surface area contributed by atoms with Crippen LogP contribution in [0.1, 0.15) is 54.0 Å². The minimum atomic E-state index is -0.545. The van der Waals surface area contributed by atoms with Gasteiger partial charge in [-0.25, -0.2) is 4.79 Å². The molecular weight excluding hydrogens is 400 g/mol. The third kappa shape index (κ3) is 4.14. The van der Waals surface area contributed by atoms with Gasteiger partial charge < -0.3 is 10.1 Å². The van der Waals surface area contributed by atoms with Gasteiger partial charge in [0.1, 0.15) is 15.9 Å². The molecule has 6 nitrogen and oxygen atoms in total. The Morgan fingerprint density at radius 2 is 1.67 bits per heavy atom. The fourth-order valence-electron chi connectivity index (χ4n) is 2.92. The highest BCUT2D eigenvalue weighted by molar-refractivity contribution is 7.18. The molecule has 3 aromatic rings. The Morgan fingerprint density at radius 1 is 1.03 bits per heavy atom. The number of nitrogens with zero attached hydrogens (tertiary/aromatic N) is 1. The van der Waals surface area contributed by atoms with Crippen LogP contribution in [0.3, 0.4) is 0 Å². The van der Waals surface area contributed by atoms with E-state index in [0.717, 1.165) is 11.3 Å². The molecule has 0 aliphatic heterocycles. The van der Waals surface area contributed by atoms with Crippen LogP contribution in [-0.4, -0.2) is 24.3 Å². The molecule has 0 bridgehead atoms. The summed E-state index contributed by atoms with van der Waals surface area (Å²) < 4.78 is 5.02. The number of nitrogens with one attached hydrogen (secondary N) is 1. The Morgan fingerprint density at radius 3 is 2.30 bits per heavy atom. The van der Waals surface area contributed by atoms with Crippen LogP contribution in [-0.2, 0) is 4.74 Å². The largest absolute Gasteiger partial charge is 0.462 e. The fraction of sp³-hybridized carbons (Fsp3) is 0.130. The van der Waals surface area contributed by atoms with Crippen molar-refractivity contribution < 1.29 is 19.1 Å². The van der Waals surface area contributed by atoms with Gasteiger partial charge in [0.05, 0.1) is 17.7 Å². The highest BCUT2D eigenvalue weighted by atomic mass is 32.1. The average molecular weight is 418 g/mol. The molecule has 0 aliphatic carbocycles. The zero-order valence-electron chi connectivity index (χ0n) is 16.4. The summed E-state index contributed by atoms with van der Waals surface area (Å²) in [5.74, 6) is -1.36. The third-order valence-corrected chi connectivity index (χ3v) is 5.59. The van der Waals surface area contributed by atoms with Crippen molar-refractivity contribution in [2.24, 2.45) is 0 Å². The second kappa shape index (κ2) is 9.16. The van der Waals surface area contributed by atoms with Crippen molar-refractivity contribution in [2.45, 2.75) is 13.8 Å². The first-order chi connectivity index (χ1) is 14.5. The van der Waals surface area contributed by atoms with Gasteiger partial charge in [-0.15, -0.1) is 11.3 Å². The number of ketones is 1. The molecule has 2 aromatic carbocycles. The van der Waals surface area contributed by atoms with Crippen LogP contribution in [0.15, 0.2) is 54.6 Å². The Kier molecular flexibility index (Phi) is 6.40. The van der Waals surface area contributed by atoms with Crippen molar-refractivity contribution in [1.29, 1.82) is 5.26 Å². The maximum absolute atomic E-state index is 13.0. The van der Waals surface area contributed by atoms with E-state index in [1.807, 2.05) is 6.07 Å². The molecule has 0 spiro atoms. The number of benzene rings is 2. The molecule has 0 fully saturated rings. The number of nitriles is 1. The number of thiophene rings is 1. The molecule has 1 amide bonds. The second-order valence-electron chi connectivity index (χ2n) is 6.29. The van der Waals surface area contributed by atoms with E-state index in [9.17, 15) is 19.6 Å². The van der Waals surface area contributed by atoms with Crippen molar-refractivity contribution in [3.05, 3.63) is 87.3 Å². The van der Waals surface area contributed by atoms with E-state index >= 15 is 0 Å². The molecule has 30 heavy (non-hydrogen) atoms. The normalized spacial score (nSPS) is 10.2. The van der Waals surface area contributed by atoms with Gasteiger partial charge in [0, 0.05) is 11.1 Å². The molecular formula is C23H18N2O4S. The molecule has 7 heteroatoms. The zero-order valence-corrected chi connectivity index (χ0v) is 17.2. The molecule has 0 unspecified atom stereocenters. The fourth-order valence-corrected chi connectivity index (χ4v) is 3.97. The zero-order chi connectivity index (χ0) is 21.7. The van der Waals surface area contributed by atoms with Crippen molar-refractivity contribution in [2.75, 3.05) is 11.9 Å². The summed E-state index contributed by atoms with van der Waals surface area (Å²) in [7, 11) is 0. The summed E-state index contributed by atoms with van der Waals surface area (Å²) in [4.78, 5) is 38.2. The number of anilines is 1. The Labute approximate surface area is 177 Å². The maximum atomic E-state index is 13.0. The highest BCUT2D eigenvalue weighted by Crippen LogP contribution is 2.33. The highest BCUT2D eigenvalue weighted by Gasteiger charge is 2.24. The molecule has 1 heterocycles. The maximum Gasteiger partial charge on any atom is 0.348 e. The molecule has 1 aromatic heterocycles. The molecule has 0 atom stereocenters. The van der Waals surface area contributed by atoms with Gasteiger partial charge in [-0.05, 0) is 25.5 Å². The smallest absolute Gasteiger partial charge is 0.348 e. The molecule has 0 saturated carbocycles. The number of carbonyl (C=O) groups excluding carboxylic acids is 3. The second-order valence-corrected chi connectivity index (χ2v) is 7.31. The summed E-state index contributed by atoms with van der Waals surface area (Å²) in [6.45, 7) is 3.52. The van der Waals surface area contributed by atoms with Crippen LogP contribution < -0.4 is 5.32 Å². The first-order valence-electron chi connectivity index (χ1n) is 9.18. The lowest BCUT2D eigenvalue weighted by Crippen LogP contribution is -2.16. The monoisotopic (exact) mass is 418 g/mol. The summed E-state index contributed by atoms with van der Waals surface area (Å²) in [6, 6.07) is 17.2. The number of amides is 1. The molecule has 0 saturated heterocycles. The van der Waals surface area contributed by atoms with Crippen molar-refractivity contribution in [3.8, 4) is 6.07 Å². The van der Waals surface area contributed by atoms with Crippen LogP contribution in [0.4, 0.5) is 5.00 Å². The first kappa shape index (κ1) is 21.0. The van der Waals surface area contributed by atoms with Gasteiger partial charge >= 0.3 is 5.97 Å². The summed E-state index contributed by atoms with van der Waals surface area (Å²) >= 11 is 0.978. The number of carbonyl (C=O) groups is 3. The van der Waals surface area contributed by atoms with E-state index in [1.165, 1.54) is 0 Å². The SMILES string of the molecule is CCOC(=O)c1sc(NC(=O)c2ccccc2C(=O)c2ccccc2)c(C#N)c1C. The lowest BCUT2D eigenvalue weighted by atomic mass is 9.98. The van der Waals surface area contributed by atoms with Gasteiger partial charge in [-0.3, -0.25) is 9.59 Å². The van der Waals surface area contributed by atoms with Crippen molar-refractivity contribution in [1.82, 2.24) is 0 Å². The Bertz CT molecular complexity index is 1160. The van der Waals surface area contributed by atoms with E-state index in [0.29, 0.717) is 11.1 Å². The average Bonchev–Trinajstić information content (AvgIpc) is 3.08. The standard InChI is InChI=1S/C23H18N2O4S/c1-3-29-23(28)20-14(2)18(13-24)22(30-20)25-21(27)17-12-8-7-11-16(17)19(26)15-9-5-4-6-10-15/h4-12H,3H2,1-2H3,(H,25,27). The lowest BCUT2D eigenvalue weighted by Gasteiger charge is -2.09. The predicted molar refractivity (Wildman–Crippen MR) is 114 cm³/mol. The summed E-state index contributed by atoms with van der Waals surface area (Å²) in [6.07, 6.45) is 0. The molecule has 0 aliphatic rings.